The number of halogens is 3. The van der Waals surface area contributed by atoms with Crippen molar-refractivity contribution in [3.8, 4) is 0 Å². The summed E-state index contributed by atoms with van der Waals surface area (Å²) in [5, 5.41) is 7.12. The number of hydrogen-bond acceptors (Lipinski definition) is 3. The van der Waals surface area contributed by atoms with Crippen molar-refractivity contribution < 1.29 is 27.8 Å². The minimum absolute atomic E-state index is 0.741. The molecule has 1 aromatic rings. The van der Waals surface area contributed by atoms with E-state index in [4.69, 9.17) is 14.6 Å². The van der Waals surface area contributed by atoms with Crippen molar-refractivity contribution in [2.24, 2.45) is 7.05 Å². The highest BCUT2D eigenvalue weighted by atomic mass is 19.4. The monoisotopic (exact) mass is 254 g/mol. The Balaban J connectivity index is 0.000000325. The first kappa shape index (κ1) is 15.4. The van der Waals surface area contributed by atoms with Crippen molar-refractivity contribution in [1.29, 1.82) is 0 Å². The van der Waals surface area contributed by atoms with E-state index < -0.39 is 12.1 Å². The number of aromatic nitrogens is 2. The fraction of sp³-hybridized carbons (Fsp3) is 0.556. The molecule has 0 unspecified atom stereocenters. The number of aryl methyl sites for hydroxylation is 1. The highest BCUT2D eigenvalue weighted by Gasteiger charge is 2.38. The number of aliphatic carboxylic acids is 1. The lowest BCUT2D eigenvalue weighted by Crippen LogP contribution is -2.21. The molecular weight excluding hydrogens is 241 g/mol. The normalized spacial score (nSPS) is 10.6. The molecule has 1 N–H and O–H groups in total. The summed E-state index contributed by atoms with van der Waals surface area (Å²) in [5.74, 6) is -1.69. The van der Waals surface area contributed by atoms with Gasteiger partial charge in [-0.2, -0.15) is 13.2 Å². The molecule has 0 amide bonds. The van der Waals surface area contributed by atoms with Crippen molar-refractivity contribution in [2.75, 3.05) is 13.7 Å². The van der Waals surface area contributed by atoms with Gasteiger partial charge in [-0.25, -0.2) is 9.78 Å². The van der Waals surface area contributed by atoms with E-state index in [0.29, 0.717) is 0 Å². The number of carboxylic acids is 1. The number of ether oxygens (including phenoxy) is 1. The summed E-state index contributed by atoms with van der Waals surface area (Å²) in [4.78, 5) is 13.0. The molecule has 0 atom stereocenters. The van der Waals surface area contributed by atoms with E-state index in [1.165, 1.54) is 0 Å². The minimum Gasteiger partial charge on any atom is -0.475 e. The van der Waals surface area contributed by atoms with Crippen LogP contribution in [-0.2, 0) is 23.0 Å². The summed E-state index contributed by atoms with van der Waals surface area (Å²) < 4.78 is 38.7. The summed E-state index contributed by atoms with van der Waals surface area (Å²) in [5.41, 5.74) is 0. The molecule has 8 heteroatoms. The van der Waals surface area contributed by atoms with Gasteiger partial charge in [0.2, 0.25) is 0 Å². The number of imidazole rings is 1. The van der Waals surface area contributed by atoms with Gasteiger partial charge in [-0.3, -0.25) is 0 Å². The van der Waals surface area contributed by atoms with Crippen LogP contribution in [0.3, 0.4) is 0 Å². The molecular formula is C9H13F3N2O3. The number of rotatable bonds is 3. The zero-order chi connectivity index (χ0) is 13.5. The van der Waals surface area contributed by atoms with E-state index in [0.717, 1.165) is 18.9 Å². The van der Waals surface area contributed by atoms with Gasteiger partial charge in [0.25, 0.3) is 0 Å². The van der Waals surface area contributed by atoms with E-state index in [-0.39, 0.29) is 0 Å². The topological polar surface area (TPSA) is 64.4 Å². The summed E-state index contributed by atoms with van der Waals surface area (Å²) in [6, 6.07) is 0. The van der Waals surface area contributed by atoms with Crippen LogP contribution in [0.2, 0.25) is 0 Å². The van der Waals surface area contributed by atoms with Gasteiger partial charge in [0, 0.05) is 33.0 Å². The maximum absolute atomic E-state index is 10.6. The second kappa shape index (κ2) is 6.89. The molecule has 0 bridgehead atoms. The molecule has 1 rings (SSSR count). The van der Waals surface area contributed by atoms with Crippen molar-refractivity contribution in [3.63, 3.8) is 0 Å². The Morgan fingerprint density at radius 2 is 2.12 bits per heavy atom. The third-order valence-corrected chi connectivity index (χ3v) is 1.69. The number of alkyl halides is 3. The first-order valence-corrected chi connectivity index (χ1v) is 4.54. The van der Waals surface area contributed by atoms with Crippen LogP contribution in [0.1, 0.15) is 5.82 Å². The molecule has 1 aromatic heterocycles. The molecule has 0 saturated carbocycles. The highest BCUT2D eigenvalue weighted by Crippen LogP contribution is 2.13. The van der Waals surface area contributed by atoms with Gasteiger partial charge in [0.15, 0.2) is 0 Å². The van der Waals surface area contributed by atoms with Gasteiger partial charge in [-0.1, -0.05) is 0 Å². The maximum Gasteiger partial charge on any atom is 0.490 e. The van der Waals surface area contributed by atoms with Crippen molar-refractivity contribution in [2.45, 2.75) is 12.6 Å². The molecule has 0 radical (unpaired) electrons. The van der Waals surface area contributed by atoms with Gasteiger partial charge in [-0.15, -0.1) is 0 Å². The quantitative estimate of drug-likeness (QED) is 0.881. The van der Waals surface area contributed by atoms with Crippen LogP contribution >= 0.6 is 0 Å². The first-order valence-electron chi connectivity index (χ1n) is 4.54. The molecule has 0 spiro atoms. The number of carbonyl (C=O) groups is 1. The molecule has 0 aliphatic carbocycles. The fourth-order valence-corrected chi connectivity index (χ4v) is 0.831. The van der Waals surface area contributed by atoms with Gasteiger partial charge in [0.05, 0.1) is 6.61 Å². The Hall–Kier alpha value is -1.57. The number of hydrogen-bond donors (Lipinski definition) is 1. The predicted molar refractivity (Wildman–Crippen MR) is 52.5 cm³/mol. The SMILES string of the molecule is COCCc1nccn1C.O=C(O)C(F)(F)F. The van der Waals surface area contributed by atoms with Crippen molar-refractivity contribution in [3.05, 3.63) is 18.2 Å². The van der Waals surface area contributed by atoms with E-state index >= 15 is 0 Å². The van der Waals surface area contributed by atoms with E-state index in [9.17, 15) is 13.2 Å². The van der Waals surface area contributed by atoms with Gasteiger partial charge in [-0.05, 0) is 0 Å². The number of methoxy groups -OCH3 is 1. The molecule has 0 aromatic carbocycles. The van der Waals surface area contributed by atoms with Crippen molar-refractivity contribution in [1.82, 2.24) is 9.55 Å². The molecule has 0 fully saturated rings. The average molecular weight is 254 g/mol. The predicted octanol–water partition coefficient (Wildman–Crippen LogP) is 1.24. The summed E-state index contributed by atoms with van der Waals surface area (Å²) in [6.45, 7) is 0.741. The summed E-state index contributed by atoms with van der Waals surface area (Å²) >= 11 is 0. The third-order valence-electron chi connectivity index (χ3n) is 1.69. The third kappa shape index (κ3) is 6.56. The zero-order valence-electron chi connectivity index (χ0n) is 9.36. The van der Waals surface area contributed by atoms with Crippen LogP contribution in [-0.4, -0.2) is 40.5 Å². The second-order valence-electron chi connectivity index (χ2n) is 3.00. The fourth-order valence-electron chi connectivity index (χ4n) is 0.831. The van der Waals surface area contributed by atoms with E-state index in [1.54, 1.807) is 13.3 Å². The molecule has 17 heavy (non-hydrogen) atoms. The van der Waals surface area contributed by atoms with E-state index in [1.807, 2.05) is 17.8 Å². The lowest BCUT2D eigenvalue weighted by atomic mass is 10.4. The lowest BCUT2D eigenvalue weighted by Gasteiger charge is -1.98. The number of nitrogens with zero attached hydrogens (tertiary/aromatic N) is 2. The Labute approximate surface area is 95.8 Å². The lowest BCUT2D eigenvalue weighted by molar-refractivity contribution is -0.192. The Morgan fingerprint density at radius 3 is 2.41 bits per heavy atom. The van der Waals surface area contributed by atoms with Crippen LogP contribution in [0.15, 0.2) is 12.4 Å². The highest BCUT2D eigenvalue weighted by molar-refractivity contribution is 5.73. The minimum atomic E-state index is -5.08. The summed E-state index contributed by atoms with van der Waals surface area (Å²) in [6.07, 6.45) is -0.462. The largest absolute Gasteiger partial charge is 0.490 e. The van der Waals surface area contributed by atoms with Gasteiger partial charge in [0.1, 0.15) is 5.82 Å². The van der Waals surface area contributed by atoms with Crippen LogP contribution < -0.4 is 0 Å². The Kier molecular flexibility index (Phi) is 6.26. The Bertz CT molecular complexity index is 350. The average Bonchev–Trinajstić information content (AvgIpc) is 2.60. The van der Waals surface area contributed by atoms with Crippen LogP contribution in [0.25, 0.3) is 0 Å². The molecule has 5 nitrogen and oxygen atoms in total. The summed E-state index contributed by atoms with van der Waals surface area (Å²) in [7, 11) is 3.68. The maximum atomic E-state index is 10.6. The molecule has 0 saturated heterocycles. The van der Waals surface area contributed by atoms with Gasteiger partial charge < -0.3 is 14.4 Å². The molecule has 0 aliphatic heterocycles. The van der Waals surface area contributed by atoms with E-state index in [2.05, 4.69) is 4.98 Å². The molecule has 98 valence electrons. The smallest absolute Gasteiger partial charge is 0.475 e. The second-order valence-corrected chi connectivity index (χ2v) is 3.00. The first-order chi connectivity index (χ1) is 7.79. The van der Waals surface area contributed by atoms with Crippen LogP contribution in [0, 0.1) is 0 Å². The van der Waals surface area contributed by atoms with Crippen LogP contribution in [0.4, 0.5) is 13.2 Å². The molecule has 0 aliphatic rings. The standard InChI is InChI=1S/C7H12N2O.C2HF3O2/c1-9-5-4-8-7(9)3-6-10-2;3-2(4,5)1(6)7/h4-5H,3,6H2,1-2H3;(H,6,7). The zero-order valence-corrected chi connectivity index (χ0v) is 9.36. The van der Waals surface area contributed by atoms with Crippen LogP contribution in [0.5, 0.6) is 0 Å². The molecule has 1 heterocycles. The Morgan fingerprint density at radius 1 is 1.59 bits per heavy atom. The number of carboxylic acid groups (broad SMARTS) is 1. The van der Waals surface area contributed by atoms with Crippen molar-refractivity contribution >= 4 is 5.97 Å². The van der Waals surface area contributed by atoms with Gasteiger partial charge >= 0.3 is 12.1 Å².